The number of nitro benzene ring substituents is 1. The van der Waals surface area contributed by atoms with E-state index in [1.165, 1.54) is 36.4 Å². The van der Waals surface area contributed by atoms with Crippen molar-refractivity contribution in [2.24, 2.45) is 0 Å². The third kappa shape index (κ3) is 4.74. The maximum Gasteiger partial charge on any atom is 0.371 e. The van der Waals surface area contributed by atoms with E-state index in [2.05, 4.69) is 5.32 Å². The number of nitro groups is 1. The van der Waals surface area contributed by atoms with Crippen molar-refractivity contribution in [2.75, 3.05) is 11.1 Å². The number of benzene rings is 1. The molecule has 2 aromatic rings. The highest BCUT2D eigenvalue weighted by molar-refractivity contribution is 7.84. The molecule has 0 saturated heterocycles. The molecule has 1 amide bonds. The first-order valence-electron chi connectivity index (χ1n) is 6.56. The van der Waals surface area contributed by atoms with Gasteiger partial charge in [0.15, 0.2) is 0 Å². The van der Waals surface area contributed by atoms with Gasteiger partial charge < -0.3 is 14.8 Å². The lowest BCUT2D eigenvalue weighted by Crippen LogP contribution is -2.20. The van der Waals surface area contributed by atoms with E-state index in [9.17, 15) is 23.9 Å². The molecule has 10 heteroatoms. The van der Waals surface area contributed by atoms with Crippen LogP contribution in [-0.2, 0) is 21.3 Å². The zero-order valence-corrected chi connectivity index (χ0v) is 12.9. The monoisotopic (exact) mass is 352 g/mol. The van der Waals surface area contributed by atoms with E-state index < -0.39 is 27.6 Å². The van der Waals surface area contributed by atoms with Crippen LogP contribution in [0.3, 0.4) is 0 Å². The molecule has 0 aliphatic heterocycles. The summed E-state index contributed by atoms with van der Waals surface area (Å²) in [7, 11) is -1.62. The molecule has 0 bridgehead atoms. The lowest BCUT2D eigenvalue weighted by atomic mass is 10.3. The summed E-state index contributed by atoms with van der Waals surface area (Å²) in [6.45, 7) is 0. The molecule has 9 nitrogen and oxygen atoms in total. The minimum atomic E-state index is -1.62. The van der Waals surface area contributed by atoms with Crippen LogP contribution in [-0.4, -0.2) is 31.9 Å². The van der Waals surface area contributed by atoms with Crippen molar-refractivity contribution in [1.82, 2.24) is 0 Å². The van der Waals surface area contributed by atoms with Crippen LogP contribution in [0.25, 0.3) is 0 Å². The molecule has 0 radical (unpaired) electrons. The summed E-state index contributed by atoms with van der Waals surface area (Å²) in [6.07, 6.45) is 0. The number of nitrogens with one attached hydrogen (secondary N) is 1. The number of carbonyl (C=O) groups excluding carboxylic acids is 1. The highest BCUT2D eigenvalue weighted by Gasteiger charge is 2.14. The minimum absolute atomic E-state index is 0.115. The third-order valence-electron chi connectivity index (χ3n) is 2.81. The van der Waals surface area contributed by atoms with Crippen LogP contribution in [0.5, 0.6) is 0 Å². The number of hydrogen-bond donors (Lipinski definition) is 2. The van der Waals surface area contributed by atoms with E-state index in [0.29, 0.717) is 0 Å². The fourth-order valence-electron chi connectivity index (χ4n) is 1.82. The number of anilines is 1. The molecule has 1 aromatic carbocycles. The van der Waals surface area contributed by atoms with Crippen LogP contribution in [0, 0.1) is 10.1 Å². The number of carboxylic acids is 1. The van der Waals surface area contributed by atoms with Gasteiger partial charge in [0, 0.05) is 28.6 Å². The van der Waals surface area contributed by atoms with E-state index >= 15 is 0 Å². The summed E-state index contributed by atoms with van der Waals surface area (Å²) in [6, 6.07) is 7.97. The minimum Gasteiger partial charge on any atom is -0.475 e. The second-order valence-corrected chi connectivity index (χ2v) is 6.11. The maximum absolute atomic E-state index is 11.9. The Bertz CT molecular complexity index is 815. The molecule has 0 spiro atoms. The van der Waals surface area contributed by atoms with Crippen LogP contribution in [0.1, 0.15) is 16.3 Å². The number of hydrogen-bond acceptors (Lipinski definition) is 6. The Morgan fingerprint density at radius 2 is 2.04 bits per heavy atom. The van der Waals surface area contributed by atoms with Gasteiger partial charge in [0.25, 0.3) is 5.69 Å². The molecule has 2 N–H and O–H groups in total. The SMILES string of the molecule is O=C(CS(=O)Cc1ccc(C(=O)O)o1)Nc1cccc([N+](=O)[O-])c1. The van der Waals surface area contributed by atoms with Gasteiger partial charge in [-0.25, -0.2) is 4.79 Å². The molecular formula is C14H12N2O7S. The van der Waals surface area contributed by atoms with Crippen molar-refractivity contribution >= 4 is 34.1 Å². The fourth-order valence-corrected chi connectivity index (χ4v) is 2.76. The summed E-state index contributed by atoms with van der Waals surface area (Å²) < 4.78 is 16.9. The molecule has 0 aliphatic carbocycles. The van der Waals surface area contributed by atoms with Crippen molar-refractivity contribution in [2.45, 2.75) is 5.75 Å². The quantitative estimate of drug-likeness (QED) is 0.571. The Balaban J connectivity index is 1.91. The molecule has 2 rings (SSSR count). The van der Waals surface area contributed by atoms with Crippen LogP contribution in [0.4, 0.5) is 11.4 Å². The lowest BCUT2D eigenvalue weighted by molar-refractivity contribution is -0.384. The lowest BCUT2D eigenvalue weighted by Gasteiger charge is -2.04. The number of aromatic carboxylic acids is 1. The van der Waals surface area contributed by atoms with E-state index in [1.807, 2.05) is 0 Å². The fraction of sp³-hybridized carbons (Fsp3) is 0.143. The molecule has 24 heavy (non-hydrogen) atoms. The molecule has 1 aromatic heterocycles. The normalized spacial score (nSPS) is 11.7. The van der Waals surface area contributed by atoms with Crippen LogP contribution in [0.2, 0.25) is 0 Å². The van der Waals surface area contributed by atoms with E-state index in [4.69, 9.17) is 9.52 Å². The van der Waals surface area contributed by atoms with Gasteiger partial charge in [0.1, 0.15) is 11.5 Å². The Morgan fingerprint density at radius 3 is 2.67 bits per heavy atom. The summed E-state index contributed by atoms with van der Waals surface area (Å²) in [5, 5.41) is 21.8. The Morgan fingerprint density at radius 1 is 1.29 bits per heavy atom. The predicted octanol–water partition coefficient (Wildman–Crippen LogP) is 1.77. The number of carboxylic acid groups (broad SMARTS) is 1. The first-order valence-corrected chi connectivity index (χ1v) is 8.05. The van der Waals surface area contributed by atoms with Crippen LogP contribution in [0.15, 0.2) is 40.8 Å². The number of furan rings is 1. The highest BCUT2D eigenvalue weighted by Crippen LogP contribution is 2.17. The van der Waals surface area contributed by atoms with Gasteiger partial charge in [-0.3, -0.25) is 19.1 Å². The topological polar surface area (TPSA) is 140 Å². The van der Waals surface area contributed by atoms with Gasteiger partial charge in [-0.15, -0.1) is 0 Å². The first-order chi connectivity index (χ1) is 11.3. The van der Waals surface area contributed by atoms with Crippen LogP contribution < -0.4 is 5.32 Å². The summed E-state index contributed by atoms with van der Waals surface area (Å²) >= 11 is 0. The molecule has 0 aliphatic rings. The molecule has 1 atom stereocenters. The van der Waals surface area contributed by atoms with E-state index in [1.54, 1.807) is 0 Å². The number of amides is 1. The summed E-state index contributed by atoms with van der Waals surface area (Å²) in [4.78, 5) is 32.6. The molecule has 0 fully saturated rings. The highest BCUT2D eigenvalue weighted by atomic mass is 32.2. The summed E-state index contributed by atoms with van der Waals surface area (Å²) in [5.74, 6) is -2.38. The van der Waals surface area contributed by atoms with Crippen molar-refractivity contribution in [3.63, 3.8) is 0 Å². The Kier molecular flexibility index (Phi) is 5.42. The number of nitrogens with zero attached hydrogens (tertiary/aromatic N) is 1. The van der Waals surface area contributed by atoms with Crippen molar-refractivity contribution in [3.05, 3.63) is 58.0 Å². The zero-order valence-electron chi connectivity index (χ0n) is 12.1. The average molecular weight is 352 g/mol. The molecule has 126 valence electrons. The van der Waals surface area contributed by atoms with Gasteiger partial charge in [0.05, 0.1) is 10.7 Å². The third-order valence-corrected chi connectivity index (χ3v) is 4.00. The number of rotatable bonds is 7. The Hall–Kier alpha value is -3.01. The van der Waals surface area contributed by atoms with Gasteiger partial charge in [0.2, 0.25) is 11.7 Å². The molecular weight excluding hydrogens is 340 g/mol. The van der Waals surface area contributed by atoms with Gasteiger partial charge >= 0.3 is 5.97 Å². The molecule has 1 unspecified atom stereocenters. The van der Waals surface area contributed by atoms with Gasteiger partial charge in [-0.2, -0.15) is 0 Å². The van der Waals surface area contributed by atoms with Gasteiger partial charge in [-0.1, -0.05) is 6.07 Å². The Labute approximate surface area is 137 Å². The molecule has 0 saturated carbocycles. The number of non-ortho nitro benzene ring substituents is 1. The van der Waals surface area contributed by atoms with E-state index in [-0.39, 0.29) is 34.4 Å². The van der Waals surface area contributed by atoms with Crippen LogP contribution >= 0.6 is 0 Å². The zero-order chi connectivity index (χ0) is 17.7. The molecule has 1 heterocycles. The smallest absolute Gasteiger partial charge is 0.371 e. The predicted molar refractivity (Wildman–Crippen MR) is 84.1 cm³/mol. The number of carbonyl (C=O) groups is 2. The second-order valence-electron chi connectivity index (χ2n) is 4.66. The van der Waals surface area contributed by atoms with Crippen molar-refractivity contribution in [3.8, 4) is 0 Å². The van der Waals surface area contributed by atoms with Crippen molar-refractivity contribution < 1.29 is 28.2 Å². The maximum atomic E-state index is 11.9. The van der Waals surface area contributed by atoms with Gasteiger partial charge in [-0.05, 0) is 18.2 Å². The van der Waals surface area contributed by atoms with Crippen molar-refractivity contribution in [1.29, 1.82) is 0 Å². The second kappa shape index (κ2) is 7.51. The summed E-state index contributed by atoms with van der Waals surface area (Å²) in [5.41, 5.74) is 0.0445. The standard InChI is InChI=1S/C14H12N2O7S/c17-13(15-9-2-1-3-10(6-9)16(20)21)8-24(22)7-11-4-5-12(23-11)14(18)19/h1-6H,7-8H2,(H,15,17)(H,18,19). The van der Waals surface area contributed by atoms with E-state index in [0.717, 1.165) is 0 Å². The largest absolute Gasteiger partial charge is 0.475 e. The average Bonchev–Trinajstić information content (AvgIpc) is 2.95. The first kappa shape index (κ1) is 17.3.